The van der Waals surface area contributed by atoms with E-state index in [-0.39, 0.29) is 5.91 Å². The second-order valence-electron chi connectivity index (χ2n) is 5.93. The average molecular weight is 277 g/mol. The fourth-order valence-electron chi connectivity index (χ4n) is 1.77. The van der Waals surface area contributed by atoms with Crippen molar-refractivity contribution in [3.05, 3.63) is 35.4 Å². The zero-order valence-electron chi connectivity index (χ0n) is 12.8. The van der Waals surface area contributed by atoms with Crippen LogP contribution in [0.15, 0.2) is 24.3 Å². The number of hydrogen-bond donors (Lipinski definition) is 1. The van der Waals surface area contributed by atoms with Crippen LogP contribution in [0.4, 0.5) is 0 Å². The lowest BCUT2D eigenvalue weighted by Crippen LogP contribution is -2.47. The quantitative estimate of drug-likeness (QED) is 0.859. The number of carbonyl (C=O) groups excluding carboxylic acids is 2. The molecule has 0 aliphatic heterocycles. The van der Waals surface area contributed by atoms with E-state index in [1.54, 1.807) is 0 Å². The maximum Gasteiger partial charge on any atom is 0.328 e. The second-order valence-corrected chi connectivity index (χ2v) is 5.93. The summed E-state index contributed by atoms with van der Waals surface area (Å²) in [6.07, 6.45) is 0.432. The standard InChI is InChI=1S/C16H23NO3/c1-11-8-6-7-9-12(11)10-13(14(18)20-5)17-15(19)16(2,3)4/h6-9,13H,10H2,1-5H3,(H,17,19)/t13-/m1/s1. The summed E-state index contributed by atoms with van der Waals surface area (Å²) in [5.74, 6) is -0.590. The predicted molar refractivity (Wildman–Crippen MR) is 78.3 cm³/mol. The van der Waals surface area contributed by atoms with Crippen LogP contribution >= 0.6 is 0 Å². The number of esters is 1. The number of benzene rings is 1. The molecule has 0 spiro atoms. The first-order chi connectivity index (χ1) is 9.25. The van der Waals surface area contributed by atoms with Crippen molar-refractivity contribution in [1.82, 2.24) is 5.32 Å². The Labute approximate surface area is 120 Å². The van der Waals surface area contributed by atoms with Gasteiger partial charge in [0, 0.05) is 11.8 Å². The molecule has 1 N–H and O–H groups in total. The summed E-state index contributed by atoms with van der Waals surface area (Å²) in [6, 6.07) is 7.14. The Balaban J connectivity index is 2.89. The van der Waals surface area contributed by atoms with Crippen LogP contribution in [0.2, 0.25) is 0 Å². The van der Waals surface area contributed by atoms with E-state index in [1.807, 2.05) is 52.0 Å². The van der Waals surface area contributed by atoms with Crippen molar-refractivity contribution < 1.29 is 14.3 Å². The fourth-order valence-corrected chi connectivity index (χ4v) is 1.77. The van der Waals surface area contributed by atoms with Crippen LogP contribution in [0.25, 0.3) is 0 Å². The summed E-state index contributed by atoms with van der Waals surface area (Å²) >= 11 is 0. The molecule has 1 aromatic rings. The van der Waals surface area contributed by atoms with Gasteiger partial charge in [-0.15, -0.1) is 0 Å². The van der Waals surface area contributed by atoms with E-state index in [4.69, 9.17) is 4.74 Å². The number of methoxy groups -OCH3 is 1. The number of ether oxygens (including phenoxy) is 1. The van der Waals surface area contributed by atoms with Gasteiger partial charge in [-0.3, -0.25) is 4.79 Å². The monoisotopic (exact) mass is 277 g/mol. The van der Waals surface area contributed by atoms with E-state index >= 15 is 0 Å². The van der Waals surface area contributed by atoms with Crippen molar-refractivity contribution >= 4 is 11.9 Å². The smallest absolute Gasteiger partial charge is 0.328 e. The van der Waals surface area contributed by atoms with Gasteiger partial charge in [0.05, 0.1) is 7.11 Å². The molecule has 1 rings (SSSR count). The molecule has 0 saturated carbocycles. The Bertz CT molecular complexity index is 489. The first kappa shape index (κ1) is 16.2. The van der Waals surface area contributed by atoms with Gasteiger partial charge in [0.2, 0.25) is 5.91 Å². The van der Waals surface area contributed by atoms with Gasteiger partial charge < -0.3 is 10.1 Å². The Hall–Kier alpha value is -1.84. The van der Waals surface area contributed by atoms with Crippen molar-refractivity contribution in [2.24, 2.45) is 5.41 Å². The maximum atomic E-state index is 12.1. The molecule has 0 aliphatic rings. The highest BCUT2D eigenvalue weighted by Crippen LogP contribution is 2.15. The second kappa shape index (κ2) is 6.55. The van der Waals surface area contributed by atoms with E-state index in [9.17, 15) is 9.59 Å². The van der Waals surface area contributed by atoms with Crippen LogP contribution < -0.4 is 5.32 Å². The Morgan fingerprint density at radius 3 is 2.35 bits per heavy atom. The molecule has 0 heterocycles. The van der Waals surface area contributed by atoms with Gasteiger partial charge in [0.15, 0.2) is 0 Å². The molecule has 1 amide bonds. The molecule has 0 unspecified atom stereocenters. The lowest BCUT2D eigenvalue weighted by atomic mass is 9.94. The third kappa shape index (κ3) is 4.37. The zero-order valence-corrected chi connectivity index (χ0v) is 12.8. The Morgan fingerprint density at radius 2 is 1.85 bits per heavy atom. The number of aryl methyl sites for hydroxylation is 1. The third-order valence-corrected chi connectivity index (χ3v) is 3.16. The lowest BCUT2D eigenvalue weighted by Gasteiger charge is -2.23. The molecule has 4 heteroatoms. The van der Waals surface area contributed by atoms with Crippen molar-refractivity contribution in [1.29, 1.82) is 0 Å². The highest BCUT2D eigenvalue weighted by molar-refractivity contribution is 5.87. The van der Waals surface area contributed by atoms with Crippen LogP contribution in [-0.4, -0.2) is 25.0 Å². The minimum atomic E-state index is -0.659. The van der Waals surface area contributed by atoms with Gasteiger partial charge >= 0.3 is 5.97 Å². The molecule has 0 bridgehead atoms. The van der Waals surface area contributed by atoms with E-state index < -0.39 is 17.4 Å². The molecular weight excluding hydrogens is 254 g/mol. The van der Waals surface area contributed by atoms with Gasteiger partial charge in [-0.05, 0) is 18.1 Å². The minimum Gasteiger partial charge on any atom is -0.467 e. The average Bonchev–Trinajstić information content (AvgIpc) is 2.38. The highest BCUT2D eigenvalue weighted by atomic mass is 16.5. The highest BCUT2D eigenvalue weighted by Gasteiger charge is 2.28. The topological polar surface area (TPSA) is 55.4 Å². The molecule has 0 aliphatic carbocycles. The molecule has 0 radical (unpaired) electrons. The van der Waals surface area contributed by atoms with Crippen molar-refractivity contribution in [2.75, 3.05) is 7.11 Å². The van der Waals surface area contributed by atoms with Gasteiger partial charge in [-0.1, -0.05) is 45.0 Å². The van der Waals surface area contributed by atoms with Crippen LogP contribution in [0.5, 0.6) is 0 Å². The van der Waals surface area contributed by atoms with Gasteiger partial charge in [0.1, 0.15) is 6.04 Å². The number of amides is 1. The SMILES string of the molecule is COC(=O)[C@@H](Cc1ccccc1C)NC(=O)C(C)(C)C. The van der Waals surface area contributed by atoms with Gasteiger partial charge in [0.25, 0.3) is 0 Å². The lowest BCUT2D eigenvalue weighted by molar-refractivity contribution is -0.146. The van der Waals surface area contributed by atoms with Crippen LogP contribution in [0.1, 0.15) is 31.9 Å². The molecule has 110 valence electrons. The van der Waals surface area contributed by atoms with Crippen LogP contribution in [-0.2, 0) is 20.7 Å². The normalized spacial score (nSPS) is 12.7. The summed E-state index contributed by atoms with van der Waals surface area (Å²) in [6.45, 7) is 7.41. The maximum absolute atomic E-state index is 12.1. The largest absolute Gasteiger partial charge is 0.467 e. The number of rotatable bonds is 4. The molecule has 0 aromatic heterocycles. The Morgan fingerprint density at radius 1 is 1.25 bits per heavy atom. The molecule has 20 heavy (non-hydrogen) atoms. The number of carbonyl (C=O) groups is 2. The summed E-state index contributed by atoms with van der Waals surface area (Å²) < 4.78 is 4.78. The molecule has 1 atom stereocenters. The van der Waals surface area contributed by atoms with E-state index in [0.717, 1.165) is 11.1 Å². The predicted octanol–water partition coefficient (Wildman–Crippen LogP) is 2.24. The third-order valence-electron chi connectivity index (χ3n) is 3.16. The summed E-state index contributed by atoms with van der Waals surface area (Å²) in [7, 11) is 1.33. The van der Waals surface area contributed by atoms with Crippen LogP contribution in [0, 0.1) is 12.3 Å². The van der Waals surface area contributed by atoms with Crippen molar-refractivity contribution in [3.63, 3.8) is 0 Å². The summed E-state index contributed by atoms with van der Waals surface area (Å²) in [5.41, 5.74) is 1.57. The van der Waals surface area contributed by atoms with Gasteiger partial charge in [-0.25, -0.2) is 4.79 Å². The first-order valence-corrected chi connectivity index (χ1v) is 6.69. The van der Waals surface area contributed by atoms with Crippen molar-refractivity contribution in [2.45, 2.75) is 40.2 Å². The molecular formula is C16H23NO3. The zero-order chi connectivity index (χ0) is 15.3. The Kier molecular flexibility index (Phi) is 5.31. The first-order valence-electron chi connectivity index (χ1n) is 6.69. The molecule has 4 nitrogen and oxygen atoms in total. The van der Waals surface area contributed by atoms with Crippen molar-refractivity contribution in [3.8, 4) is 0 Å². The molecule has 1 aromatic carbocycles. The summed E-state index contributed by atoms with van der Waals surface area (Å²) in [4.78, 5) is 23.9. The molecule has 0 saturated heterocycles. The van der Waals surface area contributed by atoms with Crippen LogP contribution in [0.3, 0.4) is 0 Å². The number of hydrogen-bond acceptors (Lipinski definition) is 3. The van der Waals surface area contributed by atoms with E-state index in [2.05, 4.69) is 5.32 Å². The van der Waals surface area contributed by atoms with E-state index in [1.165, 1.54) is 7.11 Å². The summed E-state index contributed by atoms with van der Waals surface area (Å²) in [5, 5.41) is 2.77. The fraction of sp³-hybridized carbons (Fsp3) is 0.500. The number of nitrogens with one attached hydrogen (secondary N) is 1. The minimum absolute atomic E-state index is 0.165. The molecule has 0 fully saturated rings. The van der Waals surface area contributed by atoms with Gasteiger partial charge in [-0.2, -0.15) is 0 Å². The van der Waals surface area contributed by atoms with E-state index in [0.29, 0.717) is 6.42 Å².